The van der Waals surface area contributed by atoms with Gasteiger partial charge in [-0.2, -0.15) is 0 Å². The van der Waals surface area contributed by atoms with Gasteiger partial charge in [0, 0.05) is 22.6 Å². The van der Waals surface area contributed by atoms with E-state index in [4.69, 9.17) is 0 Å². The van der Waals surface area contributed by atoms with Crippen LogP contribution in [-0.2, 0) is 11.3 Å². The Hall–Kier alpha value is -1.44. The lowest BCUT2D eigenvalue weighted by molar-refractivity contribution is -0.122. The molecule has 2 aliphatic rings. The van der Waals surface area contributed by atoms with E-state index < -0.39 is 0 Å². The lowest BCUT2D eigenvalue weighted by Gasteiger charge is -2.29. The molecule has 2 bridgehead atoms. The van der Waals surface area contributed by atoms with Crippen LogP contribution in [0.3, 0.4) is 0 Å². The Morgan fingerprint density at radius 1 is 1.32 bits per heavy atom. The fourth-order valence-corrected chi connectivity index (χ4v) is 4.21. The van der Waals surface area contributed by atoms with Crippen molar-refractivity contribution in [2.75, 3.05) is 0 Å². The van der Waals surface area contributed by atoms with Crippen molar-refractivity contribution < 1.29 is 4.79 Å². The smallest absolute Gasteiger partial charge is 0.261 e. The summed E-state index contributed by atoms with van der Waals surface area (Å²) in [5, 5.41) is 7.15. The van der Waals surface area contributed by atoms with Gasteiger partial charge in [-0.3, -0.25) is 14.2 Å². The van der Waals surface area contributed by atoms with Gasteiger partial charge in [-0.25, -0.2) is 4.98 Å². The van der Waals surface area contributed by atoms with Gasteiger partial charge in [0.05, 0.1) is 17.2 Å². The molecule has 8 heteroatoms. The van der Waals surface area contributed by atoms with Crippen LogP contribution >= 0.6 is 28.3 Å². The first-order valence-electron chi connectivity index (χ1n) is 8.28. The summed E-state index contributed by atoms with van der Waals surface area (Å²) in [6.07, 6.45) is 5.78. The molecule has 2 N–H and O–H groups in total. The maximum atomic E-state index is 12.5. The fraction of sp³-hybridized carbons (Fsp3) is 0.471. The second-order valence-electron chi connectivity index (χ2n) is 6.71. The number of piperidine rings is 1. The van der Waals surface area contributed by atoms with Crippen molar-refractivity contribution in [2.45, 2.75) is 50.4 Å². The molecule has 1 aromatic carbocycles. The number of nitrogens with zero attached hydrogens (tertiary/aromatic N) is 2. The van der Waals surface area contributed by atoms with Crippen LogP contribution in [0.15, 0.2) is 33.8 Å². The van der Waals surface area contributed by atoms with Gasteiger partial charge in [-0.1, -0.05) is 15.9 Å². The zero-order chi connectivity index (χ0) is 16.7. The van der Waals surface area contributed by atoms with Gasteiger partial charge in [0.1, 0.15) is 6.54 Å². The van der Waals surface area contributed by atoms with Crippen molar-refractivity contribution in [3.05, 3.63) is 39.4 Å². The first-order valence-corrected chi connectivity index (χ1v) is 9.08. The third kappa shape index (κ3) is 3.88. The van der Waals surface area contributed by atoms with Crippen LogP contribution in [0.25, 0.3) is 10.9 Å². The van der Waals surface area contributed by atoms with Gasteiger partial charge in [0.15, 0.2) is 0 Å². The number of aromatic nitrogens is 2. The number of nitrogens with one attached hydrogen (secondary N) is 2. The molecule has 6 nitrogen and oxygen atoms in total. The van der Waals surface area contributed by atoms with E-state index in [-0.39, 0.29) is 36.5 Å². The Labute approximate surface area is 159 Å². The molecular formula is C17H20BrClN4O2. The molecule has 1 aromatic heterocycles. The number of benzene rings is 1. The molecule has 2 aliphatic heterocycles. The summed E-state index contributed by atoms with van der Waals surface area (Å²) in [4.78, 5) is 29.1. The van der Waals surface area contributed by atoms with Crippen LogP contribution in [0.2, 0.25) is 0 Å². The van der Waals surface area contributed by atoms with Crippen molar-refractivity contribution in [1.29, 1.82) is 0 Å². The third-order valence-electron chi connectivity index (χ3n) is 4.94. The molecule has 134 valence electrons. The van der Waals surface area contributed by atoms with Gasteiger partial charge in [-0.05, 0) is 43.9 Å². The summed E-state index contributed by atoms with van der Waals surface area (Å²) >= 11 is 3.36. The first kappa shape index (κ1) is 18.4. The molecular weight excluding hydrogens is 408 g/mol. The van der Waals surface area contributed by atoms with E-state index >= 15 is 0 Å². The Balaban J connectivity index is 0.00000182. The molecule has 4 rings (SSSR count). The molecule has 2 saturated heterocycles. The number of hydrogen-bond donors (Lipinski definition) is 2. The molecule has 0 spiro atoms. The number of carbonyl (C=O) groups excluding carboxylic acids is 1. The minimum Gasteiger partial charge on any atom is -0.352 e. The quantitative estimate of drug-likeness (QED) is 0.785. The maximum Gasteiger partial charge on any atom is 0.261 e. The molecule has 0 radical (unpaired) electrons. The standard InChI is InChI=1S/C17H19BrN4O2.ClH/c18-10-1-4-15-14(5-10)17(24)22(9-19-15)8-16(23)21-13-6-11-2-3-12(7-13)20-11;/h1,4-5,9,11-13,20H,2-3,6-8H2,(H,21,23);1H. The average molecular weight is 428 g/mol. The Morgan fingerprint density at radius 3 is 2.76 bits per heavy atom. The summed E-state index contributed by atoms with van der Waals surface area (Å²) < 4.78 is 2.20. The molecule has 25 heavy (non-hydrogen) atoms. The Morgan fingerprint density at radius 2 is 2.04 bits per heavy atom. The SMILES string of the molecule is Cl.O=C(Cn1cnc2ccc(Br)cc2c1=O)NC1CC2CCC(C1)N2. The van der Waals surface area contributed by atoms with Crippen LogP contribution in [-0.4, -0.2) is 33.6 Å². The number of halogens is 2. The van der Waals surface area contributed by atoms with E-state index in [2.05, 4.69) is 31.5 Å². The van der Waals surface area contributed by atoms with Crippen LogP contribution in [0.4, 0.5) is 0 Å². The molecule has 0 saturated carbocycles. The molecule has 2 fully saturated rings. The second kappa shape index (κ2) is 7.43. The van der Waals surface area contributed by atoms with E-state index in [1.165, 1.54) is 23.7 Å². The first-order chi connectivity index (χ1) is 11.6. The highest BCUT2D eigenvalue weighted by molar-refractivity contribution is 9.10. The zero-order valence-electron chi connectivity index (χ0n) is 13.6. The summed E-state index contributed by atoms with van der Waals surface area (Å²) in [5.41, 5.74) is 0.441. The van der Waals surface area contributed by atoms with Crippen molar-refractivity contribution in [1.82, 2.24) is 20.2 Å². The minimum absolute atomic E-state index is 0. The van der Waals surface area contributed by atoms with Crippen LogP contribution in [0.5, 0.6) is 0 Å². The number of hydrogen-bond acceptors (Lipinski definition) is 4. The van der Waals surface area contributed by atoms with E-state index in [1.54, 1.807) is 12.1 Å². The molecule has 2 atom stereocenters. The van der Waals surface area contributed by atoms with E-state index in [1.807, 2.05) is 6.07 Å². The molecule has 0 aliphatic carbocycles. The summed E-state index contributed by atoms with van der Waals surface area (Å²) in [7, 11) is 0. The largest absolute Gasteiger partial charge is 0.352 e. The molecule has 2 unspecified atom stereocenters. The zero-order valence-corrected chi connectivity index (χ0v) is 16.0. The molecule has 2 aromatic rings. The highest BCUT2D eigenvalue weighted by Gasteiger charge is 2.33. The van der Waals surface area contributed by atoms with Gasteiger partial charge in [-0.15, -0.1) is 12.4 Å². The van der Waals surface area contributed by atoms with E-state index in [0.717, 1.165) is 17.3 Å². The Bertz CT molecular complexity index is 844. The van der Waals surface area contributed by atoms with Gasteiger partial charge >= 0.3 is 0 Å². The van der Waals surface area contributed by atoms with Crippen molar-refractivity contribution in [3.8, 4) is 0 Å². The van der Waals surface area contributed by atoms with Crippen LogP contribution in [0.1, 0.15) is 25.7 Å². The van der Waals surface area contributed by atoms with Crippen LogP contribution in [0, 0.1) is 0 Å². The lowest BCUT2D eigenvalue weighted by Crippen LogP contribution is -2.49. The number of rotatable bonds is 3. The van der Waals surface area contributed by atoms with E-state index in [0.29, 0.717) is 23.0 Å². The monoisotopic (exact) mass is 426 g/mol. The van der Waals surface area contributed by atoms with Gasteiger partial charge in [0.2, 0.25) is 5.91 Å². The number of carbonyl (C=O) groups is 1. The molecule has 3 heterocycles. The van der Waals surface area contributed by atoms with Gasteiger partial charge < -0.3 is 10.6 Å². The highest BCUT2D eigenvalue weighted by atomic mass is 79.9. The average Bonchev–Trinajstić information content (AvgIpc) is 2.89. The second-order valence-corrected chi connectivity index (χ2v) is 7.63. The lowest BCUT2D eigenvalue weighted by atomic mass is 10.00. The van der Waals surface area contributed by atoms with Gasteiger partial charge in [0.25, 0.3) is 5.56 Å². The van der Waals surface area contributed by atoms with Crippen LogP contribution < -0.4 is 16.2 Å². The van der Waals surface area contributed by atoms with Crippen molar-refractivity contribution in [2.24, 2.45) is 0 Å². The summed E-state index contributed by atoms with van der Waals surface area (Å²) in [6.45, 7) is 0.00749. The number of amides is 1. The predicted molar refractivity (Wildman–Crippen MR) is 102 cm³/mol. The van der Waals surface area contributed by atoms with Crippen molar-refractivity contribution in [3.63, 3.8) is 0 Å². The maximum absolute atomic E-state index is 12.5. The predicted octanol–water partition coefficient (Wildman–Crippen LogP) is 1.98. The minimum atomic E-state index is -0.193. The van der Waals surface area contributed by atoms with Crippen molar-refractivity contribution >= 4 is 45.1 Å². The molecule has 1 amide bonds. The van der Waals surface area contributed by atoms with E-state index in [9.17, 15) is 9.59 Å². The Kier molecular flexibility index (Phi) is 5.46. The highest BCUT2D eigenvalue weighted by Crippen LogP contribution is 2.26. The third-order valence-corrected chi connectivity index (χ3v) is 5.43. The summed E-state index contributed by atoms with van der Waals surface area (Å²) in [5.74, 6) is -0.125. The number of fused-ring (bicyclic) bond motifs is 3. The summed E-state index contributed by atoms with van der Waals surface area (Å²) in [6, 6.07) is 6.62. The fourth-order valence-electron chi connectivity index (χ4n) is 3.85. The topological polar surface area (TPSA) is 76.0 Å². The normalized spacial score (nSPS) is 24.8.